The Morgan fingerprint density at radius 1 is 0.308 bits per heavy atom. The topological polar surface area (TPSA) is 8.17 Å². The molecule has 2 nitrogen and oxygen atoms in total. The zero-order chi connectivity index (χ0) is 42.6. The molecular weight excluding hydrogens is 785 g/mol. The van der Waals surface area contributed by atoms with E-state index in [2.05, 4.69) is 252 Å². The summed E-state index contributed by atoms with van der Waals surface area (Å²) in [4.78, 5) is 2.46. The van der Waals surface area contributed by atoms with Gasteiger partial charge in [-0.1, -0.05) is 182 Å². The Morgan fingerprint density at radius 2 is 0.815 bits per heavy atom. The largest absolute Gasteiger partial charge is 0.310 e. The van der Waals surface area contributed by atoms with Crippen LogP contribution in [0.5, 0.6) is 0 Å². The van der Waals surface area contributed by atoms with Crippen LogP contribution in [0.3, 0.4) is 0 Å². The minimum absolute atomic E-state index is 0.428. The number of hydrogen-bond donors (Lipinski definition) is 0. The van der Waals surface area contributed by atoms with Crippen molar-refractivity contribution < 1.29 is 0 Å². The van der Waals surface area contributed by atoms with Gasteiger partial charge in [-0.15, -0.1) is 0 Å². The smallest absolute Gasteiger partial charge is 0.0726 e. The third-order valence-electron chi connectivity index (χ3n) is 14.4. The minimum atomic E-state index is -0.428. The number of fused-ring (bicyclic) bond motifs is 15. The van der Waals surface area contributed by atoms with Crippen molar-refractivity contribution in [3.05, 3.63) is 265 Å². The molecule has 0 atom stereocenters. The SMILES string of the molecule is c1ccc2c(c1)-c1ccccc1C21c2ccccc2-c2ccc(N(c3ccc(-c4ccc(-n5c6ccccc6c6cc7ccccc7cc65)cc4)cc3)c3cccc4ccccc34)cc21. The molecule has 1 heterocycles. The summed E-state index contributed by atoms with van der Waals surface area (Å²) >= 11 is 0. The molecule has 0 bridgehead atoms. The number of benzene rings is 11. The zero-order valence-corrected chi connectivity index (χ0v) is 35.5. The Bertz CT molecular complexity index is 3820. The first-order chi connectivity index (χ1) is 32.2. The lowest BCUT2D eigenvalue weighted by Crippen LogP contribution is -2.26. The molecule has 0 radical (unpaired) electrons. The molecule has 0 aliphatic heterocycles. The van der Waals surface area contributed by atoms with Crippen LogP contribution in [0.1, 0.15) is 22.3 Å². The molecule has 2 heteroatoms. The first-order valence-corrected chi connectivity index (χ1v) is 22.6. The molecule has 0 amide bonds. The highest BCUT2D eigenvalue weighted by Crippen LogP contribution is 2.63. The van der Waals surface area contributed by atoms with Gasteiger partial charge in [0.2, 0.25) is 0 Å². The van der Waals surface area contributed by atoms with Crippen molar-refractivity contribution in [3.63, 3.8) is 0 Å². The van der Waals surface area contributed by atoms with Crippen LogP contribution >= 0.6 is 0 Å². The van der Waals surface area contributed by atoms with E-state index in [-0.39, 0.29) is 0 Å². The maximum absolute atomic E-state index is 2.49. The van der Waals surface area contributed by atoms with E-state index in [0.29, 0.717) is 0 Å². The molecule has 12 aromatic rings. The number of hydrogen-bond acceptors (Lipinski definition) is 1. The number of para-hydroxylation sites is 1. The molecule has 2 aliphatic rings. The molecule has 0 fully saturated rings. The highest BCUT2D eigenvalue weighted by atomic mass is 15.1. The molecular formula is C63H40N2. The molecule has 11 aromatic carbocycles. The lowest BCUT2D eigenvalue weighted by molar-refractivity contribution is 0.793. The first kappa shape index (κ1) is 36.1. The third kappa shape index (κ3) is 5.11. The van der Waals surface area contributed by atoms with E-state index in [1.165, 1.54) is 99.0 Å². The average molecular weight is 825 g/mol. The normalized spacial score (nSPS) is 13.0. The van der Waals surface area contributed by atoms with Crippen molar-refractivity contribution in [1.29, 1.82) is 0 Å². The van der Waals surface area contributed by atoms with Crippen LogP contribution in [-0.2, 0) is 5.41 Å². The predicted octanol–water partition coefficient (Wildman–Crippen LogP) is 16.6. The molecule has 1 spiro atoms. The van der Waals surface area contributed by atoms with Crippen LogP contribution in [-0.4, -0.2) is 4.57 Å². The third-order valence-corrected chi connectivity index (χ3v) is 14.4. The highest BCUT2D eigenvalue weighted by Gasteiger charge is 2.51. The summed E-state index contributed by atoms with van der Waals surface area (Å²) < 4.78 is 2.41. The Labute approximate surface area is 377 Å². The maximum Gasteiger partial charge on any atom is 0.0726 e. The van der Waals surface area contributed by atoms with Crippen LogP contribution in [0.2, 0.25) is 0 Å². The standard InChI is InChI=1S/C63H40N2/c1-2-16-45-39-62-55(38-44(45)15-1)54-22-8-12-26-61(54)65(62)47-34-30-42(31-35-47)41-28-32-46(33-29-41)64(60-27-13-17-43-14-3-4-18-49(43)60)48-36-37-53-52-21-7-11-25-58(52)63(59(53)40-48)56-23-9-5-19-50(56)51-20-6-10-24-57(51)63/h1-40H. The highest BCUT2D eigenvalue weighted by molar-refractivity contribution is 6.13. The van der Waals surface area contributed by atoms with Gasteiger partial charge >= 0.3 is 0 Å². The molecule has 0 saturated carbocycles. The van der Waals surface area contributed by atoms with Crippen LogP contribution < -0.4 is 4.90 Å². The van der Waals surface area contributed by atoms with Gasteiger partial charge in [0, 0.05) is 33.2 Å². The fourth-order valence-electron chi connectivity index (χ4n) is 11.6. The maximum atomic E-state index is 2.49. The van der Waals surface area contributed by atoms with Gasteiger partial charge in [-0.05, 0) is 132 Å². The van der Waals surface area contributed by atoms with Crippen molar-refractivity contribution in [2.24, 2.45) is 0 Å². The number of nitrogens with zero attached hydrogens (tertiary/aromatic N) is 2. The van der Waals surface area contributed by atoms with Gasteiger partial charge in [-0.3, -0.25) is 0 Å². The summed E-state index contributed by atoms with van der Waals surface area (Å²) in [6.45, 7) is 0. The summed E-state index contributed by atoms with van der Waals surface area (Å²) in [6.07, 6.45) is 0. The molecule has 0 N–H and O–H groups in total. The van der Waals surface area contributed by atoms with Crippen molar-refractivity contribution in [2.45, 2.75) is 5.41 Å². The van der Waals surface area contributed by atoms with Crippen molar-refractivity contribution in [2.75, 3.05) is 4.90 Å². The second kappa shape index (κ2) is 13.8. The molecule has 14 rings (SSSR count). The Balaban J connectivity index is 0.904. The van der Waals surface area contributed by atoms with Gasteiger partial charge in [-0.25, -0.2) is 0 Å². The monoisotopic (exact) mass is 824 g/mol. The van der Waals surface area contributed by atoms with E-state index in [4.69, 9.17) is 0 Å². The van der Waals surface area contributed by atoms with E-state index in [9.17, 15) is 0 Å². The summed E-state index contributed by atoms with van der Waals surface area (Å²) in [6, 6.07) is 90.1. The summed E-state index contributed by atoms with van der Waals surface area (Å²) in [5.41, 5.74) is 19.5. The zero-order valence-electron chi connectivity index (χ0n) is 35.5. The first-order valence-electron chi connectivity index (χ1n) is 22.6. The Kier molecular flexibility index (Phi) is 7.64. The number of rotatable bonds is 5. The van der Waals surface area contributed by atoms with E-state index in [1.54, 1.807) is 0 Å². The molecule has 2 aliphatic carbocycles. The van der Waals surface area contributed by atoms with Gasteiger partial charge in [0.1, 0.15) is 0 Å². The Hall–Kier alpha value is -8.46. The Morgan fingerprint density at radius 3 is 1.49 bits per heavy atom. The quantitative estimate of drug-likeness (QED) is 0.168. The second-order valence-corrected chi connectivity index (χ2v) is 17.6. The molecule has 0 saturated heterocycles. The van der Waals surface area contributed by atoms with Crippen molar-refractivity contribution in [3.8, 4) is 39.1 Å². The minimum Gasteiger partial charge on any atom is -0.310 e. The van der Waals surface area contributed by atoms with Crippen LogP contribution in [0.4, 0.5) is 17.1 Å². The fourth-order valence-corrected chi connectivity index (χ4v) is 11.6. The van der Waals surface area contributed by atoms with Gasteiger partial charge in [0.05, 0.1) is 22.1 Å². The van der Waals surface area contributed by atoms with Crippen LogP contribution in [0, 0.1) is 0 Å². The van der Waals surface area contributed by atoms with Gasteiger partial charge in [0.25, 0.3) is 0 Å². The van der Waals surface area contributed by atoms with Crippen molar-refractivity contribution >= 4 is 60.4 Å². The molecule has 302 valence electrons. The fraction of sp³-hybridized carbons (Fsp3) is 0.0159. The van der Waals surface area contributed by atoms with Crippen LogP contribution in [0.25, 0.3) is 82.4 Å². The summed E-state index contributed by atoms with van der Waals surface area (Å²) in [7, 11) is 0. The second-order valence-electron chi connectivity index (χ2n) is 17.6. The van der Waals surface area contributed by atoms with Gasteiger partial charge in [0.15, 0.2) is 0 Å². The molecule has 0 unspecified atom stereocenters. The van der Waals surface area contributed by atoms with E-state index in [0.717, 1.165) is 22.7 Å². The van der Waals surface area contributed by atoms with E-state index >= 15 is 0 Å². The lowest BCUT2D eigenvalue weighted by atomic mass is 9.70. The van der Waals surface area contributed by atoms with Crippen LogP contribution in [0.15, 0.2) is 243 Å². The van der Waals surface area contributed by atoms with Crippen molar-refractivity contribution in [1.82, 2.24) is 4.57 Å². The van der Waals surface area contributed by atoms with E-state index in [1.807, 2.05) is 0 Å². The average Bonchev–Trinajstić information content (AvgIpc) is 3.97. The lowest BCUT2D eigenvalue weighted by Gasteiger charge is -2.32. The molecule has 1 aromatic heterocycles. The molecule has 65 heavy (non-hydrogen) atoms. The van der Waals surface area contributed by atoms with Gasteiger partial charge < -0.3 is 9.47 Å². The van der Waals surface area contributed by atoms with Gasteiger partial charge in [-0.2, -0.15) is 0 Å². The van der Waals surface area contributed by atoms with E-state index < -0.39 is 5.41 Å². The summed E-state index contributed by atoms with van der Waals surface area (Å²) in [5.74, 6) is 0. The number of aromatic nitrogens is 1. The predicted molar refractivity (Wildman–Crippen MR) is 272 cm³/mol. The summed E-state index contributed by atoms with van der Waals surface area (Å²) in [5, 5.41) is 7.48. The number of anilines is 3.